The molecular weight excluding hydrogens is 324 g/mol. The molecule has 5 heteroatoms. The van der Waals surface area contributed by atoms with Crippen molar-refractivity contribution in [3.63, 3.8) is 0 Å². The van der Waals surface area contributed by atoms with Gasteiger partial charge in [0, 0.05) is 39.8 Å². The number of aromatic nitrogens is 2. The summed E-state index contributed by atoms with van der Waals surface area (Å²) in [4.78, 5) is 21.4. The second-order valence-electron chi connectivity index (χ2n) is 7.00. The van der Waals surface area contributed by atoms with Gasteiger partial charge in [0.05, 0.1) is 23.8 Å². The lowest BCUT2D eigenvalue weighted by Crippen LogP contribution is -2.48. The van der Waals surface area contributed by atoms with Crippen LogP contribution < -0.4 is 0 Å². The SMILES string of the molecule is Cn1cnc2cc(CC(=O)N3CCN(Cc4ccccc4)CC3)ccc21. The number of carbonyl (C=O) groups excluding carboxylic acids is 1. The van der Waals surface area contributed by atoms with E-state index in [1.807, 2.05) is 47.1 Å². The second-order valence-corrected chi connectivity index (χ2v) is 7.00. The van der Waals surface area contributed by atoms with E-state index in [0.717, 1.165) is 49.3 Å². The van der Waals surface area contributed by atoms with Crippen LogP contribution in [0.3, 0.4) is 0 Å². The summed E-state index contributed by atoms with van der Waals surface area (Å²) in [6.45, 7) is 4.42. The molecule has 0 N–H and O–H groups in total. The van der Waals surface area contributed by atoms with Gasteiger partial charge in [-0.3, -0.25) is 9.69 Å². The molecule has 26 heavy (non-hydrogen) atoms. The van der Waals surface area contributed by atoms with Crippen LogP contribution in [0.15, 0.2) is 54.9 Å². The molecule has 0 bridgehead atoms. The zero-order valence-electron chi connectivity index (χ0n) is 15.1. The number of carbonyl (C=O) groups is 1. The molecule has 1 amide bonds. The number of hydrogen-bond donors (Lipinski definition) is 0. The fraction of sp³-hybridized carbons (Fsp3) is 0.333. The number of imidazole rings is 1. The molecule has 1 aromatic heterocycles. The highest BCUT2D eigenvalue weighted by Gasteiger charge is 2.21. The lowest BCUT2D eigenvalue weighted by atomic mass is 10.1. The van der Waals surface area contributed by atoms with Crippen LogP contribution in [0, 0.1) is 0 Å². The van der Waals surface area contributed by atoms with Gasteiger partial charge in [-0.25, -0.2) is 4.98 Å². The first-order valence-electron chi connectivity index (χ1n) is 9.13. The Hall–Kier alpha value is -2.66. The topological polar surface area (TPSA) is 41.4 Å². The Labute approximate surface area is 153 Å². The van der Waals surface area contributed by atoms with Gasteiger partial charge in [-0.2, -0.15) is 0 Å². The molecule has 1 aliphatic heterocycles. The number of benzene rings is 2. The van der Waals surface area contributed by atoms with E-state index in [4.69, 9.17) is 0 Å². The maximum Gasteiger partial charge on any atom is 0.227 e. The highest BCUT2D eigenvalue weighted by atomic mass is 16.2. The third-order valence-corrected chi connectivity index (χ3v) is 5.12. The number of hydrogen-bond acceptors (Lipinski definition) is 3. The Balaban J connectivity index is 1.32. The molecule has 0 saturated carbocycles. The molecular formula is C21H24N4O. The smallest absolute Gasteiger partial charge is 0.227 e. The lowest BCUT2D eigenvalue weighted by Gasteiger charge is -2.34. The summed E-state index contributed by atoms with van der Waals surface area (Å²) in [6.07, 6.45) is 2.26. The number of rotatable bonds is 4. The van der Waals surface area contributed by atoms with E-state index in [2.05, 4.69) is 34.1 Å². The quantitative estimate of drug-likeness (QED) is 0.727. The molecule has 5 nitrogen and oxygen atoms in total. The van der Waals surface area contributed by atoms with Gasteiger partial charge in [-0.05, 0) is 23.3 Å². The molecule has 1 fully saturated rings. The number of nitrogens with zero attached hydrogens (tertiary/aromatic N) is 4. The predicted molar refractivity (Wildman–Crippen MR) is 103 cm³/mol. The van der Waals surface area contributed by atoms with Crippen molar-refractivity contribution >= 4 is 16.9 Å². The third kappa shape index (κ3) is 3.63. The van der Waals surface area contributed by atoms with Crippen LogP contribution in [0.1, 0.15) is 11.1 Å². The number of aryl methyl sites for hydroxylation is 1. The standard InChI is InChI=1S/C21H24N4O/c1-23-16-22-19-13-18(7-8-20(19)23)14-21(26)25-11-9-24(10-12-25)15-17-5-3-2-4-6-17/h2-8,13,16H,9-12,14-15H2,1H3. The Morgan fingerprint density at radius 2 is 1.77 bits per heavy atom. The summed E-state index contributed by atoms with van der Waals surface area (Å²) in [5, 5.41) is 0. The van der Waals surface area contributed by atoms with Gasteiger partial charge in [-0.1, -0.05) is 36.4 Å². The van der Waals surface area contributed by atoms with Gasteiger partial charge in [0.2, 0.25) is 5.91 Å². The highest BCUT2D eigenvalue weighted by Crippen LogP contribution is 2.16. The zero-order valence-corrected chi connectivity index (χ0v) is 15.1. The van der Waals surface area contributed by atoms with Gasteiger partial charge < -0.3 is 9.47 Å². The Morgan fingerprint density at radius 1 is 1.00 bits per heavy atom. The van der Waals surface area contributed by atoms with Crippen molar-refractivity contribution in [2.75, 3.05) is 26.2 Å². The molecule has 0 atom stereocenters. The molecule has 134 valence electrons. The Kier molecular flexibility index (Phi) is 4.71. The van der Waals surface area contributed by atoms with Crippen LogP contribution in [0.2, 0.25) is 0 Å². The first-order valence-corrected chi connectivity index (χ1v) is 9.13. The normalized spacial score (nSPS) is 15.5. The maximum absolute atomic E-state index is 12.7. The molecule has 1 saturated heterocycles. The van der Waals surface area contributed by atoms with Crippen LogP contribution >= 0.6 is 0 Å². The highest BCUT2D eigenvalue weighted by molar-refractivity contribution is 5.82. The van der Waals surface area contributed by atoms with Crippen LogP contribution in [0.25, 0.3) is 11.0 Å². The molecule has 0 unspecified atom stereocenters. The van der Waals surface area contributed by atoms with E-state index < -0.39 is 0 Å². The molecule has 0 spiro atoms. The monoisotopic (exact) mass is 348 g/mol. The van der Waals surface area contributed by atoms with E-state index in [-0.39, 0.29) is 5.91 Å². The minimum absolute atomic E-state index is 0.208. The molecule has 2 heterocycles. The molecule has 4 rings (SSSR count). The number of fused-ring (bicyclic) bond motifs is 1. The van der Waals surface area contributed by atoms with E-state index in [1.54, 1.807) is 0 Å². The van der Waals surface area contributed by atoms with Crippen molar-refractivity contribution < 1.29 is 4.79 Å². The van der Waals surface area contributed by atoms with Crippen molar-refractivity contribution in [2.45, 2.75) is 13.0 Å². The van der Waals surface area contributed by atoms with E-state index in [0.29, 0.717) is 6.42 Å². The summed E-state index contributed by atoms with van der Waals surface area (Å²) < 4.78 is 1.99. The van der Waals surface area contributed by atoms with Crippen molar-refractivity contribution in [1.82, 2.24) is 19.4 Å². The minimum atomic E-state index is 0.208. The van der Waals surface area contributed by atoms with Crippen LogP contribution in [0.5, 0.6) is 0 Å². The van der Waals surface area contributed by atoms with Crippen molar-refractivity contribution in [3.8, 4) is 0 Å². The van der Waals surface area contributed by atoms with Gasteiger partial charge in [0.15, 0.2) is 0 Å². The summed E-state index contributed by atoms with van der Waals surface area (Å²) in [6, 6.07) is 16.6. The maximum atomic E-state index is 12.7. The molecule has 3 aromatic rings. The average molecular weight is 348 g/mol. The van der Waals surface area contributed by atoms with Gasteiger partial charge in [0.1, 0.15) is 0 Å². The average Bonchev–Trinajstić information content (AvgIpc) is 3.03. The van der Waals surface area contributed by atoms with Crippen LogP contribution in [0.4, 0.5) is 0 Å². The van der Waals surface area contributed by atoms with E-state index in [1.165, 1.54) is 5.56 Å². The molecule has 0 aliphatic carbocycles. The summed E-state index contributed by atoms with van der Waals surface area (Å²) >= 11 is 0. The summed E-state index contributed by atoms with van der Waals surface area (Å²) in [5.74, 6) is 0.208. The van der Waals surface area contributed by atoms with Gasteiger partial charge in [0.25, 0.3) is 0 Å². The molecule has 2 aromatic carbocycles. The molecule has 0 radical (unpaired) electrons. The third-order valence-electron chi connectivity index (χ3n) is 5.12. The fourth-order valence-corrected chi connectivity index (χ4v) is 3.58. The minimum Gasteiger partial charge on any atom is -0.340 e. The first kappa shape index (κ1) is 16.8. The Morgan fingerprint density at radius 3 is 2.54 bits per heavy atom. The number of piperazine rings is 1. The summed E-state index contributed by atoms with van der Waals surface area (Å²) in [5.41, 5.74) is 4.41. The largest absolute Gasteiger partial charge is 0.340 e. The van der Waals surface area contributed by atoms with E-state index >= 15 is 0 Å². The molecule has 1 aliphatic rings. The van der Waals surface area contributed by atoms with E-state index in [9.17, 15) is 4.79 Å². The van der Waals surface area contributed by atoms with Gasteiger partial charge in [-0.15, -0.1) is 0 Å². The predicted octanol–water partition coefficient (Wildman–Crippen LogP) is 2.46. The number of amides is 1. The fourth-order valence-electron chi connectivity index (χ4n) is 3.58. The van der Waals surface area contributed by atoms with Crippen molar-refractivity contribution in [2.24, 2.45) is 7.05 Å². The van der Waals surface area contributed by atoms with Crippen molar-refractivity contribution in [1.29, 1.82) is 0 Å². The first-order chi connectivity index (χ1) is 12.7. The van der Waals surface area contributed by atoms with Crippen LogP contribution in [-0.4, -0.2) is 51.4 Å². The van der Waals surface area contributed by atoms with Crippen molar-refractivity contribution in [3.05, 3.63) is 66.0 Å². The zero-order chi connectivity index (χ0) is 17.9. The Bertz CT molecular complexity index is 895. The van der Waals surface area contributed by atoms with Crippen LogP contribution in [-0.2, 0) is 24.8 Å². The second kappa shape index (κ2) is 7.30. The summed E-state index contributed by atoms with van der Waals surface area (Å²) in [7, 11) is 1.98. The lowest BCUT2D eigenvalue weighted by molar-refractivity contribution is -0.132. The van der Waals surface area contributed by atoms with Gasteiger partial charge >= 0.3 is 0 Å².